The molecular formula is C30H31N3OS. The van der Waals surface area contributed by atoms with Gasteiger partial charge in [-0.2, -0.15) is 0 Å². The maximum atomic E-state index is 13.1. The van der Waals surface area contributed by atoms with E-state index in [0.717, 1.165) is 24.1 Å². The molecule has 2 aromatic heterocycles. The van der Waals surface area contributed by atoms with Gasteiger partial charge in [0, 0.05) is 32.4 Å². The Morgan fingerprint density at radius 2 is 1.86 bits per heavy atom. The lowest BCUT2D eigenvalue weighted by atomic mass is 9.99. The third-order valence-electron chi connectivity index (χ3n) is 6.81. The minimum absolute atomic E-state index is 0.0746. The van der Waals surface area contributed by atoms with E-state index in [1.165, 1.54) is 38.6 Å². The molecule has 1 atom stereocenters. The van der Waals surface area contributed by atoms with Crippen LogP contribution in [0.5, 0.6) is 0 Å². The summed E-state index contributed by atoms with van der Waals surface area (Å²) >= 11 is 1.83. The predicted octanol–water partition coefficient (Wildman–Crippen LogP) is 7.85. The van der Waals surface area contributed by atoms with Gasteiger partial charge in [0.05, 0.1) is 12.5 Å². The number of carbonyl (C=O) groups excluding carboxylic acids is 1. The Labute approximate surface area is 210 Å². The van der Waals surface area contributed by atoms with Crippen molar-refractivity contribution in [1.82, 2.24) is 14.9 Å². The number of carbonyl (C=O) groups is 1. The molecule has 0 fully saturated rings. The fourth-order valence-electron chi connectivity index (χ4n) is 4.74. The molecular weight excluding hydrogens is 450 g/mol. The van der Waals surface area contributed by atoms with Crippen LogP contribution in [0.4, 0.5) is 0 Å². The number of unbranched alkanes of at least 4 members (excludes halogenated alkanes) is 1. The monoisotopic (exact) mass is 481 g/mol. The molecule has 5 heteroatoms. The predicted molar refractivity (Wildman–Crippen MR) is 148 cm³/mol. The van der Waals surface area contributed by atoms with Crippen LogP contribution < -0.4 is 5.32 Å². The normalized spacial score (nSPS) is 12.3. The summed E-state index contributed by atoms with van der Waals surface area (Å²) in [6, 6.07) is 23.4. The topological polar surface area (TPSA) is 46.9 Å². The summed E-state index contributed by atoms with van der Waals surface area (Å²) in [7, 11) is 0. The van der Waals surface area contributed by atoms with Gasteiger partial charge < -0.3 is 5.32 Å². The summed E-state index contributed by atoms with van der Waals surface area (Å²) in [4.78, 5) is 17.4. The van der Waals surface area contributed by atoms with Crippen LogP contribution in [0.3, 0.4) is 0 Å². The summed E-state index contributed by atoms with van der Waals surface area (Å²) in [6.07, 6.45) is 7.99. The summed E-state index contributed by atoms with van der Waals surface area (Å²) in [5, 5.41) is 5.72. The Kier molecular flexibility index (Phi) is 6.96. The number of nitrogens with zero attached hydrogens (tertiary/aromatic N) is 2. The van der Waals surface area contributed by atoms with Crippen molar-refractivity contribution in [2.45, 2.75) is 39.5 Å². The molecule has 0 bridgehead atoms. The lowest BCUT2D eigenvalue weighted by Crippen LogP contribution is -2.30. The molecule has 5 rings (SSSR count). The zero-order valence-electron chi connectivity index (χ0n) is 20.3. The van der Waals surface area contributed by atoms with E-state index >= 15 is 0 Å². The van der Waals surface area contributed by atoms with Gasteiger partial charge in [0.1, 0.15) is 5.69 Å². The molecule has 1 N–H and O–H groups in total. The lowest BCUT2D eigenvalue weighted by Gasteiger charge is -2.16. The summed E-state index contributed by atoms with van der Waals surface area (Å²) in [5.41, 5.74) is 3.83. The molecule has 5 aromatic rings. The Bertz CT molecular complexity index is 1470. The zero-order valence-corrected chi connectivity index (χ0v) is 21.1. The van der Waals surface area contributed by atoms with E-state index < -0.39 is 0 Å². The van der Waals surface area contributed by atoms with Gasteiger partial charge in [-0.15, -0.1) is 11.3 Å². The third kappa shape index (κ3) is 4.73. The molecule has 35 heavy (non-hydrogen) atoms. The number of rotatable bonds is 9. The van der Waals surface area contributed by atoms with Crippen LogP contribution >= 0.6 is 11.3 Å². The van der Waals surface area contributed by atoms with Crippen LogP contribution in [0.1, 0.15) is 50.0 Å². The Balaban J connectivity index is 1.44. The standard InChI is InChI=1S/C30H31N3OS/c1-3-5-10-21(4-2)18-32-30(34)27-19-31-20-33(27)23-12-8-11-22(17-23)24-14-9-15-26-25-13-6-7-16-28(25)35-29(24)26/h6-9,11-17,19-21H,3-5,10,18H2,1-2H3,(H,32,34). The second-order valence-electron chi connectivity index (χ2n) is 9.11. The summed E-state index contributed by atoms with van der Waals surface area (Å²) < 4.78 is 4.47. The van der Waals surface area contributed by atoms with Crippen molar-refractivity contribution in [1.29, 1.82) is 0 Å². The van der Waals surface area contributed by atoms with Crippen LogP contribution in [0.15, 0.2) is 79.3 Å². The Morgan fingerprint density at radius 1 is 1.03 bits per heavy atom. The number of benzene rings is 3. The molecule has 1 amide bonds. The van der Waals surface area contributed by atoms with Crippen molar-refractivity contribution in [2.75, 3.05) is 6.54 Å². The highest BCUT2D eigenvalue weighted by molar-refractivity contribution is 7.26. The number of nitrogens with one attached hydrogen (secondary N) is 1. The fraction of sp³-hybridized carbons (Fsp3) is 0.267. The van der Waals surface area contributed by atoms with Gasteiger partial charge in [-0.05, 0) is 41.7 Å². The van der Waals surface area contributed by atoms with Crippen LogP contribution in [-0.4, -0.2) is 22.0 Å². The van der Waals surface area contributed by atoms with Crippen molar-refractivity contribution in [3.8, 4) is 16.8 Å². The highest BCUT2D eigenvalue weighted by Crippen LogP contribution is 2.40. The van der Waals surface area contributed by atoms with Crippen LogP contribution in [0.2, 0.25) is 0 Å². The number of imidazole rings is 1. The van der Waals surface area contributed by atoms with Crippen LogP contribution in [-0.2, 0) is 0 Å². The first-order valence-electron chi connectivity index (χ1n) is 12.5. The largest absolute Gasteiger partial charge is 0.350 e. The quantitative estimate of drug-likeness (QED) is 0.233. The van der Waals surface area contributed by atoms with Crippen molar-refractivity contribution >= 4 is 37.4 Å². The Morgan fingerprint density at radius 3 is 2.71 bits per heavy atom. The number of fused-ring (bicyclic) bond motifs is 3. The average molecular weight is 482 g/mol. The van der Waals surface area contributed by atoms with Gasteiger partial charge in [0.15, 0.2) is 0 Å². The lowest BCUT2D eigenvalue weighted by molar-refractivity contribution is 0.0939. The van der Waals surface area contributed by atoms with E-state index in [1.54, 1.807) is 12.5 Å². The van der Waals surface area contributed by atoms with Gasteiger partial charge in [-0.3, -0.25) is 9.36 Å². The molecule has 1 unspecified atom stereocenters. The molecule has 178 valence electrons. The van der Waals surface area contributed by atoms with Gasteiger partial charge in [0.2, 0.25) is 0 Å². The van der Waals surface area contributed by atoms with Crippen molar-refractivity contribution < 1.29 is 4.79 Å². The molecule has 0 aliphatic rings. The molecule has 0 saturated heterocycles. The molecule has 0 saturated carbocycles. The van der Waals surface area contributed by atoms with E-state index in [1.807, 2.05) is 22.0 Å². The van der Waals surface area contributed by atoms with Crippen molar-refractivity contribution in [2.24, 2.45) is 5.92 Å². The number of thiophene rings is 1. The molecule has 0 aliphatic heterocycles. The molecule has 4 nitrogen and oxygen atoms in total. The second-order valence-corrected chi connectivity index (χ2v) is 10.2. The summed E-state index contributed by atoms with van der Waals surface area (Å²) in [6.45, 7) is 5.10. The summed E-state index contributed by atoms with van der Waals surface area (Å²) in [5.74, 6) is 0.440. The Hall–Kier alpha value is -3.44. The minimum Gasteiger partial charge on any atom is -0.350 e. The highest BCUT2D eigenvalue weighted by atomic mass is 32.1. The molecule has 0 radical (unpaired) electrons. The molecule has 3 aromatic carbocycles. The second kappa shape index (κ2) is 10.4. The highest BCUT2D eigenvalue weighted by Gasteiger charge is 2.16. The van der Waals surface area contributed by atoms with E-state index in [9.17, 15) is 4.79 Å². The average Bonchev–Trinajstić information content (AvgIpc) is 3.54. The first kappa shape index (κ1) is 23.3. The minimum atomic E-state index is -0.0746. The van der Waals surface area contributed by atoms with Crippen LogP contribution in [0.25, 0.3) is 37.0 Å². The van der Waals surface area contributed by atoms with Gasteiger partial charge in [0.25, 0.3) is 5.91 Å². The van der Waals surface area contributed by atoms with Crippen molar-refractivity contribution in [3.05, 3.63) is 84.9 Å². The smallest absolute Gasteiger partial charge is 0.269 e. The number of aromatic nitrogens is 2. The first-order chi connectivity index (χ1) is 17.2. The van der Waals surface area contributed by atoms with Gasteiger partial charge >= 0.3 is 0 Å². The number of hydrogen-bond donors (Lipinski definition) is 1. The maximum Gasteiger partial charge on any atom is 0.269 e. The first-order valence-corrected chi connectivity index (χ1v) is 13.3. The van der Waals surface area contributed by atoms with Gasteiger partial charge in [-0.1, -0.05) is 81.6 Å². The molecule has 0 spiro atoms. The van der Waals surface area contributed by atoms with Crippen LogP contribution in [0, 0.1) is 5.92 Å². The number of amides is 1. The van der Waals surface area contributed by atoms with E-state index in [0.29, 0.717) is 18.2 Å². The maximum absolute atomic E-state index is 13.1. The van der Waals surface area contributed by atoms with Crippen molar-refractivity contribution in [3.63, 3.8) is 0 Å². The number of hydrogen-bond acceptors (Lipinski definition) is 3. The van der Waals surface area contributed by atoms with E-state index in [4.69, 9.17) is 0 Å². The van der Waals surface area contributed by atoms with E-state index in [2.05, 4.69) is 84.8 Å². The zero-order chi connectivity index (χ0) is 24.2. The fourth-order valence-corrected chi connectivity index (χ4v) is 5.98. The third-order valence-corrected chi connectivity index (χ3v) is 8.03. The molecule has 0 aliphatic carbocycles. The SMILES string of the molecule is CCCCC(CC)CNC(=O)c1cncn1-c1cccc(-c2cccc3c2sc2ccccc23)c1. The van der Waals surface area contributed by atoms with Gasteiger partial charge in [-0.25, -0.2) is 4.98 Å². The molecule has 2 heterocycles. The van der Waals surface area contributed by atoms with E-state index in [-0.39, 0.29) is 5.91 Å².